The molecule has 0 saturated carbocycles. The predicted octanol–water partition coefficient (Wildman–Crippen LogP) is -1.00. The molecular formula is C23H34N4O8. The van der Waals surface area contributed by atoms with Gasteiger partial charge in [-0.3, -0.25) is 19.2 Å². The van der Waals surface area contributed by atoms with Gasteiger partial charge in [-0.25, -0.2) is 4.79 Å². The largest absolute Gasteiger partial charge is 0.481 e. The molecule has 0 radical (unpaired) electrons. The molecule has 0 aliphatic rings. The average molecular weight is 495 g/mol. The molecule has 194 valence electrons. The summed E-state index contributed by atoms with van der Waals surface area (Å²) in [5.41, 5.74) is 6.70. The van der Waals surface area contributed by atoms with Gasteiger partial charge in [-0.05, 0) is 17.9 Å². The van der Waals surface area contributed by atoms with Crippen LogP contribution in [0.2, 0.25) is 0 Å². The van der Waals surface area contributed by atoms with Gasteiger partial charge in [-0.15, -0.1) is 0 Å². The summed E-state index contributed by atoms with van der Waals surface area (Å²) in [4.78, 5) is 60.6. The first kappa shape index (κ1) is 29.5. The van der Waals surface area contributed by atoms with Crippen molar-refractivity contribution in [1.29, 1.82) is 0 Å². The smallest absolute Gasteiger partial charge is 0.328 e. The average Bonchev–Trinajstić information content (AvgIpc) is 2.83. The number of carboxylic acid groups (broad SMARTS) is 2. The Morgan fingerprint density at radius 3 is 1.94 bits per heavy atom. The number of aliphatic carboxylic acids is 2. The third-order valence-electron chi connectivity index (χ3n) is 5.55. The Morgan fingerprint density at radius 2 is 1.43 bits per heavy atom. The monoisotopic (exact) mass is 494 g/mol. The maximum Gasteiger partial charge on any atom is 0.328 e. The van der Waals surface area contributed by atoms with Crippen LogP contribution in [0.15, 0.2) is 30.3 Å². The Morgan fingerprint density at radius 1 is 0.886 bits per heavy atom. The summed E-state index contributed by atoms with van der Waals surface area (Å²) in [5, 5.41) is 34.3. The SMILES string of the molecule is CCC(C)C(N)C(=O)NC(Cc1ccccc1)C(=O)NC(CCC(=O)O)C(=O)NC(CO)C(=O)O. The first-order chi connectivity index (χ1) is 16.5. The molecular weight excluding hydrogens is 460 g/mol. The number of nitrogens with one attached hydrogen (secondary N) is 3. The quantitative estimate of drug-likeness (QED) is 0.159. The minimum Gasteiger partial charge on any atom is -0.481 e. The minimum atomic E-state index is -1.64. The van der Waals surface area contributed by atoms with Gasteiger partial charge in [-0.2, -0.15) is 0 Å². The Bertz CT molecular complexity index is 880. The van der Waals surface area contributed by atoms with E-state index in [9.17, 15) is 24.0 Å². The van der Waals surface area contributed by atoms with Crippen LogP contribution in [-0.2, 0) is 30.4 Å². The fourth-order valence-corrected chi connectivity index (χ4v) is 3.11. The van der Waals surface area contributed by atoms with Crippen LogP contribution in [0.3, 0.4) is 0 Å². The van der Waals surface area contributed by atoms with Crippen molar-refractivity contribution < 1.29 is 39.3 Å². The highest BCUT2D eigenvalue weighted by molar-refractivity contribution is 5.94. The standard InChI is InChI=1S/C23H34N4O8/c1-3-13(2)19(24)22(33)26-16(11-14-7-5-4-6-8-14)21(32)25-15(9-10-18(29)30)20(31)27-17(12-28)23(34)35/h4-8,13,15-17,19,28H,3,9-12,24H2,1-2H3,(H,25,32)(H,26,33)(H,27,31)(H,29,30)(H,34,35). The summed E-state index contributed by atoms with van der Waals surface area (Å²) in [7, 11) is 0. The van der Waals surface area contributed by atoms with Crippen molar-refractivity contribution in [2.24, 2.45) is 11.7 Å². The molecule has 0 spiro atoms. The molecule has 3 amide bonds. The Labute approximate surface area is 203 Å². The van der Waals surface area contributed by atoms with E-state index in [1.807, 2.05) is 6.92 Å². The van der Waals surface area contributed by atoms with E-state index >= 15 is 0 Å². The zero-order valence-electron chi connectivity index (χ0n) is 19.8. The van der Waals surface area contributed by atoms with Crippen LogP contribution in [0.4, 0.5) is 0 Å². The summed E-state index contributed by atoms with van der Waals surface area (Å²) < 4.78 is 0. The van der Waals surface area contributed by atoms with Crippen molar-refractivity contribution >= 4 is 29.7 Å². The third-order valence-corrected chi connectivity index (χ3v) is 5.55. The Hall–Kier alpha value is -3.51. The van der Waals surface area contributed by atoms with Gasteiger partial charge in [0.2, 0.25) is 17.7 Å². The molecule has 35 heavy (non-hydrogen) atoms. The number of benzene rings is 1. The van der Waals surface area contributed by atoms with Gasteiger partial charge in [0.05, 0.1) is 12.6 Å². The summed E-state index contributed by atoms with van der Waals surface area (Å²) in [6.07, 6.45) is -0.142. The number of carboxylic acids is 2. The zero-order chi connectivity index (χ0) is 26.5. The Balaban J connectivity index is 3.12. The van der Waals surface area contributed by atoms with Gasteiger partial charge in [-0.1, -0.05) is 50.6 Å². The van der Waals surface area contributed by atoms with E-state index in [4.69, 9.17) is 21.1 Å². The van der Waals surface area contributed by atoms with E-state index in [0.717, 1.165) is 0 Å². The number of aliphatic hydroxyl groups is 1. The van der Waals surface area contributed by atoms with Crippen LogP contribution in [-0.4, -0.2) is 75.8 Å². The molecule has 12 nitrogen and oxygen atoms in total. The first-order valence-corrected chi connectivity index (χ1v) is 11.3. The Kier molecular flexibility index (Phi) is 12.4. The summed E-state index contributed by atoms with van der Waals surface area (Å²) in [6.45, 7) is 2.76. The van der Waals surface area contributed by atoms with E-state index in [1.165, 1.54) is 0 Å². The van der Waals surface area contributed by atoms with E-state index in [0.29, 0.717) is 12.0 Å². The maximum atomic E-state index is 13.1. The van der Waals surface area contributed by atoms with Crippen LogP contribution in [0.25, 0.3) is 0 Å². The van der Waals surface area contributed by atoms with E-state index in [-0.39, 0.29) is 18.8 Å². The molecule has 0 saturated heterocycles. The van der Waals surface area contributed by atoms with Crippen LogP contribution >= 0.6 is 0 Å². The molecule has 0 aliphatic heterocycles. The molecule has 5 unspecified atom stereocenters. The number of nitrogens with two attached hydrogens (primary N) is 1. The summed E-state index contributed by atoms with van der Waals surface area (Å²) >= 11 is 0. The number of hydrogen-bond acceptors (Lipinski definition) is 7. The lowest BCUT2D eigenvalue weighted by Crippen LogP contribution is -2.58. The lowest BCUT2D eigenvalue weighted by Gasteiger charge is -2.26. The van der Waals surface area contributed by atoms with Crippen molar-refractivity contribution in [3.8, 4) is 0 Å². The summed E-state index contributed by atoms with van der Waals surface area (Å²) in [6, 6.07) is 3.68. The molecule has 0 heterocycles. The van der Waals surface area contributed by atoms with Gasteiger partial charge in [0.25, 0.3) is 0 Å². The molecule has 0 fully saturated rings. The molecule has 8 N–H and O–H groups in total. The van der Waals surface area contributed by atoms with Crippen molar-refractivity contribution in [1.82, 2.24) is 16.0 Å². The normalized spacial score (nSPS) is 15.1. The van der Waals surface area contributed by atoms with Gasteiger partial charge in [0.15, 0.2) is 0 Å². The molecule has 0 bridgehead atoms. The molecule has 12 heteroatoms. The van der Waals surface area contributed by atoms with E-state index < -0.39 is 66.9 Å². The lowest BCUT2D eigenvalue weighted by atomic mass is 9.98. The number of carbonyl (C=O) groups is 5. The zero-order valence-corrected chi connectivity index (χ0v) is 19.8. The first-order valence-electron chi connectivity index (χ1n) is 11.3. The second-order valence-electron chi connectivity index (χ2n) is 8.24. The van der Waals surface area contributed by atoms with Gasteiger partial charge in [0, 0.05) is 12.8 Å². The number of hydrogen-bond donors (Lipinski definition) is 7. The lowest BCUT2D eigenvalue weighted by molar-refractivity contribution is -0.144. The van der Waals surface area contributed by atoms with Crippen LogP contribution in [0.1, 0.15) is 38.7 Å². The second kappa shape index (κ2) is 14.7. The molecule has 0 aliphatic carbocycles. The molecule has 1 aromatic rings. The highest BCUT2D eigenvalue weighted by atomic mass is 16.4. The molecule has 1 rings (SSSR count). The molecule has 1 aromatic carbocycles. The van der Waals surface area contributed by atoms with Crippen LogP contribution < -0.4 is 21.7 Å². The fraction of sp³-hybridized carbons (Fsp3) is 0.522. The highest BCUT2D eigenvalue weighted by Gasteiger charge is 2.31. The number of rotatable bonds is 15. The highest BCUT2D eigenvalue weighted by Crippen LogP contribution is 2.09. The van der Waals surface area contributed by atoms with Gasteiger partial charge < -0.3 is 37.0 Å². The van der Waals surface area contributed by atoms with Crippen molar-refractivity contribution in [3.63, 3.8) is 0 Å². The van der Waals surface area contributed by atoms with E-state index in [1.54, 1.807) is 37.3 Å². The molecule has 5 atom stereocenters. The number of carbonyl (C=O) groups excluding carboxylic acids is 3. The predicted molar refractivity (Wildman–Crippen MR) is 125 cm³/mol. The minimum absolute atomic E-state index is 0.0628. The van der Waals surface area contributed by atoms with Crippen molar-refractivity contribution in [3.05, 3.63) is 35.9 Å². The topological polar surface area (TPSA) is 208 Å². The second-order valence-corrected chi connectivity index (χ2v) is 8.24. The van der Waals surface area contributed by atoms with Crippen LogP contribution in [0.5, 0.6) is 0 Å². The summed E-state index contributed by atoms with van der Waals surface area (Å²) in [5.74, 6) is -5.22. The van der Waals surface area contributed by atoms with Crippen LogP contribution in [0, 0.1) is 5.92 Å². The third kappa shape index (κ3) is 10.1. The maximum absolute atomic E-state index is 13.1. The van der Waals surface area contributed by atoms with E-state index in [2.05, 4.69) is 16.0 Å². The van der Waals surface area contributed by atoms with Gasteiger partial charge >= 0.3 is 11.9 Å². The van der Waals surface area contributed by atoms with Crippen molar-refractivity contribution in [2.75, 3.05) is 6.61 Å². The van der Waals surface area contributed by atoms with Gasteiger partial charge in [0.1, 0.15) is 18.1 Å². The fourth-order valence-electron chi connectivity index (χ4n) is 3.11. The number of amides is 3. The number of aliphatic hydroxyl groups excluding tert-OH is 1. The molecule has 0 aromatic heterocycles. The van der Waals surface area contributed by atoms with Crippen molar-refractivity contribution in [2.45, 2.75) is 63.7 Å².